The van der Waals surface area contributed by atoms with Crippen molar-refractivity contribution >= 4 is 17.7 Å². The van der Waals surface area contributed by atoms with Crippen molar-refractivity contribution in [1.29, 1.82) is 0 Å². The maximum atomic E-state index is 12.0. The van der Waals surface area contributed by atoms with Crippen LogP contribution >= 0.6 is 0 Å². The van der Waals surface area contributed by atoms with E-state index in [0.717, 1.165) is 0 Å². The van der Waals surface area contributed by atoms with E-state index in [2.05, 4.69) is 0 Å². The van der Waals surface area contributed by atoms with Crippen LogP contribution in [-0.2, 0) is 14.3 Å². The molecular weight excluding hydrogens is 290 g/mol. The molecule has 1 aromatic carbocycles. The third kappa shape index (κ3) is 2.93. The maximum Gasteiger partial charge on any atom is 0.414 e. The molecule has 0 aromatic heterocycles. The molecule has 0 bridgehead atoms. The summed E-state index contributed by atoms with van der Waals surface area (Å²) in [5, 5.41) is 0. The monoisotopic (exact) mass is 307 g/mol. The largest absolute Gasteiger partial charge is 0.486 e. The maximum absolute atomic E-state index is 12.0. The molecule has 118 valence electrons. The molecule has 0 spiro atoms. The average molecular weight is 307 g/mol. The normalized spacial score (nSPS) is 19.8. The zero-order valence-corrected chi connectivity index (χ0v) is 12.2. The first-order valence-corrected chi connectivity index (χ1v) is 7.21. The van der Waals surface area contributed by atoms with Gasteiger partial charge in [-0.25, -0.2) is 4.79 Å². The predicted octanol–water partition coefficient (Wildman–Crippen LogP) is 1.74. The van der Waals surface area contributed by atoms with Crippen LogP contribution in [0, 0.1) is 0 Å². The SMILES string of the molecule is CCOC(=O)CC1CN(c2ccc3c(c2)OCCO3)C(=O)O1. The molecule has 1 unspecified atom stereocenters. The molecule has 7 nitrogen and oxygen atoms in total. The van der Waals surface area contributed by atoms with E-state index in [1.54, 1.807) is 25.1 Å². The highest BCUT2D eigenvalue weighted by Gasteiger charge is 2.34. The number of amides is 1. The van der Waals surface area contributed by atoms with E-state index in [0.29, 0.717) is 43.6 Å². The molecular formula is C15H17NO6. The van der Waals surface area contributed by atoms with Crippen LogP contribution in [0.4, 0.5) is 10.5 Å². The minimum absolute atomic E-state index is 0.0562. The Balaban J connectivity index is 1.70. The molecule has 2 aliphatic heterocycles. The number of esters is 1. The number of anilines is 1. The fourth-order valence-electron chi connectivity index (χ4n) is 2.44. The number of fused-ring (bicyclic) bond motifs is 1. The van der Waals surface area contributed by atoms with Crippen LogP contribution in [0.2, 0.25) is 0 Å². The van der Waals surface area contributed by atoms with E-state index >= 15 is 0 Å². The van der Waals surface area contributed by atoms with E-state index < -0.39 is 12.2 Å². The van der Waals surface area contributed by atoms with Crippen LogP contribution in [0.5, 0.6) is 11.5 Å². The van der Waals surface area contributed by atoms with Crippen molar-refractivity contribution < 1.29 is 28.5 Å². The molecule has 2 heterocycles. The van der Waals surface area contributed by atoms with Gasteiger partial charge in [0, 0.05) is 6.07 Å². The molecule has 0 saturated carbocycles. The molecule has 0 aliphatic carbocycles. The molecule has 1 atom stereocenters. The quantitative estimate of drug-likeness (QED) is 0.789. The van der Waals surface area contributed by atoms with Gasteiger partial charge in [0.1, 0.15) is 19.3 Å². The lowest BCUT2D eigenvalue weighted by Crippen LogP contribution is -2.26. The number of hydrogen-bond donors (Lipinski definition) is 0. The van der Waals surface area contributed by atoms with Gasteiger partial charge in [-0.2, -0.15) is 0 Å². The van der Waals surface area contributed by atoms with Gasteiger partial charge in [-0.1, -0.05) is 0 Å². The number of benzene rings is 1. The van der Waals surface area contributed by atoms with E-state index in [4.69, 9.17) is 18.9 Å². The van der Waals surface area contributed by atoms with Crippen LogP contribution in [0.3, 0.4) is 0 Å². The average Bonchev–Trinajstić information content (AvgIpc) is 2.87. The van der Waals surface area contributed by atoms with Gasteiger partial charge in [-0.15, -0.1) is 0 Å². The smallest absolute Gasteiger partial charge is 0.414 e. The van der Waals surface area contributed by atoms with Gasteiger partial charge in [-0.05, 0) is 19.1 Å². The fourth-order valence-corrected chi connectivity index (χ4v) is 2.44. The number of ether oxygens (including phenoxy) is 4. The van der Waals surface area contributed by atoms with Gasteiger partial charge in [0.25, 0.3) is 0 Å². The Hall–Kier alpha value is -2.44. The first-order valence-electron chi connectivity index (χ1n) is 7.21. The van der Waals surface area contributed by atoms with Crippen molar-refractivity contribution in [2.75, 3.05) is 31.3 Å². The highest BCUT2D eigenvalue weighted by Crippen LogP contribution is 2.35. The Bertz CT molecular complexity index is 587. The molecule has 1 amide bonds. The lowest BCUT2D eigenvalue weighted by molar-refractivity contribution is -0.144. The van der Waals surface area contributed by atoms with Crippen molar-refractivity contribution in [3.8, 4) is 11.5 Å². The Labute approximate surface area is 127 Å². The van der Waals surface area contributed by atoms with Gasteiger partial charge in [-0.3, -0.25) is 9.69 Å². The summed E-state index contributed by atoms with van der Waals surface area (Å²) in [6.45, 7) is 3.34. The number of carbonyl (C=O) groups excluding carboxylic acids is 2. The van der Waals surface area contributed by atoms with E-state index in [-0.39, 0.29) is 12.4 Å². The molecule has 22 heavy (non-hydrogen) atoms. The highest BCUT2D eigenvalue weighted by atomic mass is 16.6. The van der Waals surface area contributed by atoms with Gasteiger partial charge in [0.2, 0.25) is 0 Å². The Morgan fingerprint density at radius 1 is 1.32 bits per heavy atom. The van der Waals surface area contributed by atoms with Crippen molar-refractivity contribution in [1.82, 2.24) is 0 Å². The molecule has 0 radical (unpaired) electrons. The second-order valence-electron chi connectivity index (χ2n) is 4.95. The Morgan fingerprint density at radius 2 is 2.09 bits per heavy atom. The molecule has 1 fully saturated rings. The summed E-state index contributed by atoms with van der Waals surface area (Å²) in [4.78, 5) is 24.9. The highest BCUT2D eigenvalue weighted by molar-refractivity contribution is 5.90. The number of carbonyl (C=O) groups is 2. The summed E-state index contributed by atoms with van der Waals surface area (Å²) in [5.41, 5.74) is 0.653. The third-order valence-corrected chi connectivity index (χ3v) is 3.41. The lowest BCUT2D eigenvalue weighted by atomic mass is 10.2. The van der Waals surface area contributed by atoms with E-state index in [1.807, 2.05) is 0 Å². The summed E-state index contributed by atoms with van der Waals surface area (Å²) < 4.78 is 21.0. The summed E-state index contributed by atoms with van der Waals surface area (Å²) in [5.74, 6) is 0.889. The minimum Gasteiger partial charge on any atom is -0.486 e. The summed E-state index contributed by atoms with van der Waals surface area (Å²) >= 11 is 0. The Kier molecular flexibility index (Phi) is 4.04. The predicted molar refractivity (Wildman–Crippen MR) is 76.3 cm³/mol. The molecule has 2 aliphatic rings. The number of hydrogen-bond acceptors (Lipinski definition) is 6. The van der Waals surface area contributed by atoms with E-state index in [1.165, 1.54) is 4.90 Å². The molecule has 0 N–H and O–H groups in total. The molecule has 3 rings (SSSR count). The number of cyclic esters (lactones) is 1. The number of nitrogens with zero attached hydrogens (tertiary/aromatic N) is 1. The van der Waals surface area contributed by atoms with Crippen molar-refractivity contribution in [3.63, 3.8) is 0 Å². The van der Waals surface area contributed by atoms with Gasteiger partial charge >= 0.3 is 12.1 Å². The van der Waals surface area contributed by atoms with Crippen molar-refractivity contribution in [3.05, 3.63) is 18.2 Å². The first kappa shape index (κ1) is 14.5. The Morgan fingerprint density at radius 3 is 2.86 bits per heavy atom. The van der Waals surface area contributed by atoms with Crippen LogP contribution in [0.15, 0.2) is 18.2 Å². The summed E-state index contributed by atoms with van der Waals surface area (Å²) in [6, 6.07) is 5.26. The van der Waals surface area contributed by atoms with Crippen LogP contribution < -0.4 is 14.4 Å². The van der Waals surface area contributed by atoms with Crippen molar-refractivity contribution in [2.45, 2.75) is 19.4 Å². The van der Waals surface area contributed by atoms with Crippen LogP contribution in [-0.4, -0.2) is 44.5 Å². The lowest BCUT2D eigenvalue weighted by Gasteiger charge is -2.20. The number of rotatable bonds is 4. The zero-order valence-electron chi connectivity index (χ0n) is 12.2. The topological polar surface area (TPSA) is 74.3 Å². The first-order chi connectivity index (χ1) is 10.7. The van der Waals surface area contributed by atoms with Crippen LogP contribution in [0.25, 0.3) is 0 Å². The van der Waals surface area contributed by atoms with E-state index in [9.17, 15) is 9.59 Å². The summed E-state index contributed by atoms with van der Waals surface area (Å²) in [6.07, 6.45) is -0.925. The van der Waals surface area contributed by atoms with Gasteiger partial charge in [0.05, 0.1) is 25.3 Å². The molecule has 1 aromatic rings. The van der Waals surface area contributed by atoms with Gasteiger partial charge in [0.15, 0.2) is 11.5 Å². The molecule has 7 heteroatoms. The minimum atomic E-state index is -0.500. The standard InChI is InChI=1S/C15H17NO6/c1-2-19-14(17)8-11-9-16(15(18)22-11)10-3-4-12-13(7-10)21-6-5-20-12/h3-4,7,11H,2,5-6,8-9H2,1H3. The third-order valence-electron chi connectivity index (χ3n) is 3.41. The fraction of sp³-hybridized carbons (Fsp3) is 0.467. The summed E-state index contributed by atoms with van der Waals surface area (Å²) in [7, 11) is 0. The second-order valence-corrected chi connectivity index (χ2v) is 4.95. The van der Waals surface area contributed by atoms with Crippen molar-refractivity contribution in [2.24, 2.45) is 0 Å². The zero-order chi connectivity index (χ0) is 15.5. The van der Waals surface area contributed by atoms with Gasteiger partial charge < -0.3 is 18.9 Å². The molecule has 1 saturated heterocycles. The van der Waals surface area contributed by atoms with Crippen LogP contribution in [0.1, 0.15) is 13.3 Å². The second kappa shape index (κ2) is 6.13.